The highest BCUT2D eigenvalue weighted by atomic mass is 16.4. The van der Waals surface area contributed by atoms with Crippen LogP contribution in [0.3, 0.4) is 0 Å². The summed E-state index contributed by atoms with van der Waals surface area (Å²) >= 11 is 0. The molecule has 4 nitrogen and oxygen atoms in total. The second-order valence-electron chi connectivity index (χ2n) is 3.76. The molecular weight excluding hydrogens is 232 g/mol. The number of ketones is 1. The molecule has 0 radical (unpaired) electrons. The first-order valence-electron chi connectivity index (χ1n) is 5.35. The molecule has 0 unspecified atom stereocenters. The van der Waals surface area contributed by atoms with Crippen molar-refractivity contribution in [1.29, 1.82) is 0 Å². The summed E-state index contributed by atoms with van der Waals surface area (Å²) in [5, 5.41) is 19.8. The van der Waals surface area contributed by atoms with Crippen LogP contribution in [0.1, 0.15) is 22.8 Å². The molecule has 0 fully saturated rings. The minimum atomic E-state index is -0.276. The third-order valence-corrected chi connectivity index (χ3v) is 2.63. The van der Waals surface area contributed by atoms with Gasteiger partial charge in [0.1, 0.15) is 6.26 Å². The predicted octanol–water partition coefficient (Wildman–Crippen LogP) is 3.25. The van der Waals surface area contributed by atoms with Crippen LogP contribution in [0.2, 0.25) is 0 Å². The maximum atomic E-state index is 11.9. The summed E-state index contributed by atoms with van der Waals surface area (Å²) in [6.45, 7) is 5.28. The van der Waals surface area contributed by atoms with Crippen LogP contribution in [-0.2, 0) is 0 Å². The first-order chi connectivity index (χ1) is 8.60. The fourth-order valence-corrected chi connectivity index (χ4v) is 1.80. The molecule has 18 heavy (non-hydrogen) atoms. The zero-order chi connectivity index (χ0) is 13.3. The smallest absolute Gasteiger partial charge is 0.186 e. The fourth-order valence-electron chi connectivity index (χ4n) is 1.80. The molecule has 2 N–H and O–H groups in total. The van der Waals surface area contributed by atoms with E-state index < -0.39 is 0 Å². The lowest BCUT2D eigenvalue weighted by atomic mass is 10.0. The number of furan rings is 1. The number of carbonyl (C=O) groups is 1. The van der Waals surface area contributed by atoms with Crippen LogP contribution < -0.4 is 0 Å². The average molecular weight is 244 g/mol. The number of hydrogen-bond acceptors (Lipinski definition) is 4. The Morgan fingerprint density at radius 2 is 2.17 bits per heavy atom. The lowest BCUT2D eigenvalue weighted by Crippen LogP contribution is -1.96. The summed E-state index contributed by atoms with van der Waals surface area (Å²) in [4.78, 5) is 11.9. The lowest BCUT2D eigenvalue weighted by molar-refractivity contribution is 0.104. The summed E-state index contributed by atoms with van der Waals surface area (Å²) in [5.74, 6) is -0.594. The molecule has 4 heteroatoms. The van der Waals surface area contributed by atoms with Gasteiger partial charge in [0.2, 0.25) is 0 Å². The topological polar surface area (TPSA) is 70.7 Å². The molecule has 0 atom stereocenters. The molecule has 0 spiro atoms. The van der Waals surface area contributed by atoms with Gasteiger partial charge in [-0.05, 0) is 19.1 Å². The Bertz CT molecular complexity index is 662. The number of allylic oxidation sites excluding steroid dienone is 2. The monoisotopic (exact) mass is 244 g/mol. The molecule has 2 aromatic rings. The van der Waals surface area contributed by atoms with Crippen LogP contribution in [0.15, 0.2) is 35.5 Å². The van der Waals surface area contributed by atoms with Gasteiger partial charge in [-0.2, -0.15) is 0 Å². The van der Waals surface area contributed by atoms with Gasteiger partial charge in [-0.25, -0.2) is 0 Å². The van der Waals surface area contributed by atoms with E-state index >= 15 is 0 Å². The van der Waals surface area contributed by atoms with Gasteiger partial charge in [0.25, 0.3) is 0 Å². The molecule has 0 amide bonds. The molecule has 0 aliphatic carbocycles. The minimum Gasteiger partial charge on any atom is -0.504 e. The molecule has 0 aliphatic heterocycles. The van der Waals surface area contributed by atoms with Gasteiger partial charge in [0.05, 0.1) is 5.39 Å². The van der Waals surface area contributed by atoms with Crippen LogP contribution in [-0.4, -0.2) is 16.0 Å². The average Bonchev–Trinajstić information content (AvgIpc) is 2.73. The fraction of sp³-hybridized carbons (Fsp3) is 0.0714. The van der Waals surface area contributed by atoms with Crippen LogP contribution in [0.25, 0.3) is 17.0 Å². The van der Waals surface area contributed by atoms with Crippen molar-refractivity contribution in [2.45, 2.75) is 6.92 Å². The quantitative estimate of drug-likeness (QED) is 0.642. The highest BCUT2D eigenvalue weighted by molar-refractivity contribution is 6.15. The second-order valence-corrected chi connectivity index (χ2v) is 3.76. The number of phenols is 1. The first kappa shape index (κ1) is 12.0. The van der Waals surface area contributed by atoms with Gasteiger partial charge < -0.3 is 14.6 Å². The van der Waals surface area contributed by atoms with Crippen molar-refractivity contribution in [3.05, 3.63) is 42.2 Å². The van der Waals surface area contributed by atoms with Crippen LogP contribution in [0.5, 0.6) is 11.5 Å². The van der Waals surface area contributed by atoms with Gasteiger partial charge in [0.15, 0.2) is 22.9 Å². The number of benzene rings is 1. The van der Waals surface area contributed by atoms with Gasteiger partial charge in [-0.15, -0.1) is 0 Å². The molecule has 92 valence electrons. The number of rotatable bonds is 3. The van der Waals surface area contributed by atoms with E-state index in [9.17, 15) is 15.0 Å². The van der Waals surface area contributed by atoms with Crippen molar-refractivity contribution < 1.29 is 19.4 Å². The van der Waals surface area contributed by atoms with Crippen molar-refractivity contribution in [1.82, 2.24) is 0 Å². The molecular formula is C14H12O4. The Balaban J connectivity index is 2.86. The highest BCUT2D eigenvalue weighted by Crippen LogP contribution is 2.39. The molecule has 0 saturated heterocycles. The van der Waals surface area contributed by atoms with E-state index in [0.717, 1.165) is 6.26 Å². The summed E-state index contributed by atoms with van der Waals surface area (Å²) in [6, 6.07) is 1.47. The molecule has 2 rings (SSSR count). The standard InChI is InChI=1S/C14H12O4/c1-3-5-10(15)9-6-8(4-2)13(17)14-12(9)11(16)7-18-14/h3-7,16-17H,2H2,1H3. The van der Waals surface area contributed by atoms with Crippen molar-refractivity contribution in [3.8, 4) is 11.5 Å². The molecule has 1 aromatic heterocycles. The van der Waals surface area contributed by atoms with E-state index in [-0.39, 0.29) is 33.8 Å². The van der Waals surface area contributed by atoms with E-state index in [2.05, 4.69) is 6.58 Å². The molecule has 1 heterocycles. The summed E-state index contributed by atoms with van der Waals surface area (Å²) in [7, 11) is 0. The second kappa shape index (κ2) is 4.41. The van der Waals surface area contributed by atoms with Crippen molar-refractivity contribution >= 4 is 22.8 Å². The maximum Gasteiger partial charge on any atom is 0.186 e. The van der Waals surface area contributed by atoms with E-state index in [0.29, 0.717) is 5.56 Å². The number of phenolic OH excluding ortho intramolecular Hbond substituents is 1. The maximum absolute atomic E-state index is 11.9. The third kappa shape index (κ3) is 1.68. The zero-order valence-electron chi connectivity index (χ0n) is 9.80. The Morgan fingerprint density at radius 3 is 2.78 bits per heavy atom. The summed E-state index contributed by atoms with van der Waals surface area (Å²) in [5.41, 5.74) is 0.726. The molecule has 0 bridgehead atoms. The van der Waals surface area contributed by atoms with Crippen molar-refractivity contribution in [3.63, 3.8) is 0 Å². The van der Waals surface area contributed by atoms with Crippen LogP contribution in [0.4, 0.5) is 0 Å². The number of carbonyl (C=O) groups excluding carboxylic acids is 1. The Morgan fingerprint density at radius 1 is 1.44 bits per heavy atom. The summed E-state index contributed by atoms with van der Waals surface area (Å²) < 4.78 is 5.07. The zero-order valence-corrected chi connectivity index (χ0v) is 9.80. The normalized spacial score (nSPS) is 11.2. The SMILES string of the molecule is C=Cc1cc(C(=O)C=CC)c2c(O)coc2c1O. The van der Waals surface area contributed by atoms with E-state index in [1.807, 2.05) is 0 Å². The number of hydrogen-bond donors (Lipinski definition) is 2. The Hall–Kier alpha value is -2.49. The van der Waals surface area contributed by atoms with E-state index in [1.165, 1.54) is 18.2 Å². The van der Waals surface area contributed by atoms with Crippen LogP contribution >= 0.6 is 0 Å². The number of fused-ring (bicyclic) bond motifs is 1. The van der Waals surface area contributed by atoms with E-state index in [1.54, 1.807) is 13.0 Å². The highest BCUT2D eigenvalue weighted by Gasteiger charge is 2.19. The number of aromatic hydroxyl groups is 2. The molecule has 1 aromatic carbocycles. The van der Waals surface area contributed by atoms with Gasteiger partial charge in [0, 0.05) is 11.1 Å². The molecule has 0 aliphatic rings. The summed E-state index contributed by atoms with van der Waals surface area (Å²) in [6.07, 6.45) is 5.49. The molecule has 0 saturated carbocycles. The Kier molecular flexibility index (Phi) is 2.93. The third-order valence-electron chi connectivity index (χ3n) is 2.63. The van der Waals surface area contributed by atoms with Gasteiger partial charge in [-0.1, -0.05) is 18.7 Å². The van der Waals surface area contributed by atoms with Gasteiger partial charge in [-0.3, -0.25) is 4.79 Å². The predicted molar refractivity (Wildman–Crippen MR) is 68.8 cm³/mol. The van der Waals surface area contributed by atoms with Crippen molar-refractivity contribution in [2.24, 2.45) is 0 Å². The van der Waals surface area contributed by atoms with Crippen molar-refractivity contribution in [2.75, 3.05) is 0 Å². The first-order valence-corrected chi connectivity index (χ1v) is 5.35. The lowest BCUT2D eigenvalue weighted by Gasteiger charge is -2.04. The Labute approximate surface area is 103 Å². The minimum absolute atomic E-state index is 0.0813. The van der Waals surface area contributed by atoms with E-state index in [4.69, 9.17) is 4.42 Å². The van der Waals surface area contributed by atoms with Crippen LogP contribution in [0, 0.1) is 0 Å². The largest absolute Gasteiger partial charge is 0.504 e. The van der Waals surface area contributed by atoms with Gasteiger partial charge >= 0.3 is 0 Å².